The van der Waals surface area contributed by atoms with E-state index in [9.17, 15) is 4.79 Å². The zero-order valence-corrected chi connectivity index (χ0v) is 14.7. The Kier molecular flexibility index (Phi) is 4.25. The molecule has 0 amide bonds. The van der Waals surface area contributed by atoms with E-state index in [1.165, 1.54) is 6.07 Å². The van der Waals surface area contributed by atoms with Crippen molar-refractivity contribution in [2.24, 2.45) is 0 Å². The van der Waals surface area contributed by atoms with Crippen molar-refractivity contribution in [1.82, 2.24) is 34.7 Å². The molecule has 3 heterocycles. The first-order chi connectivity index (χ1) is 13.1. The first-order valence-corrected chi connectivity index (χ1v) is 8.45. The third-order valence-electron chi connectivity index (χ3n) is 4.18. The third kappa shape index (κ3) is 3.61. The van der Waals surface area contributed by atoms with E-state index in [4.69, 9.17) is 5.73 Å². The second kappa shape index (κ2) is 6.87. The predicted molar refractivity (Wildman–Crippen MR) is 100 cm³/mol. The molecule has 0 aliphatic carbocycles. The highest BCUT2D eigenvalue weighted by molar-refractivity contribution is 5.64. The average Bonchev–Trinajstić information content (AvgIpc) is 3.31. The van der Waals surface area contributed by atoms with Crippen LogP contribution in [0.4, 0.5) is 5.82 Å². The van der Waals surface area contributed by atoms with Crippen LogP contribution < -0.4 is 11.3 Å². The third-order valence-corrected chi connectivity index (χ3v) is 4.18. The number of rotatable bonds is 5. The van der Waals surface area contributed by atoms with Crippen LogP contribution in [0.15, 0.2) is 53.7 Å². The number of nitrogens with two attached hydrogens (primary N) is 1. The van der Waals surface area contributed by atoms with E-state index in [1.807, 2.05) is 42.2 Å². The zero-order chi connectivity index (χ0) is 18.8. The molecule has 3 aromatic heterocycles. The van der Waals surface area contributed by atoms with Crippen LogP contribution in [0.3, 0.4) is 0 Å². The Morgan fingerprint density at radius 1 is 1.26 bits per heavy atom. The highest BCUT2D eigenvalue weighted by Gasteiger charge is 2.09. The zero-order valence-electron chi connectivity index (χ0n) is 14.7. The van der Waals surface area contributed by atoms with Gasteiger partial charge in [-0.15, -0.1) is 5.10 Å². The number of aromatic nitrogens is 7. The minimum absolute atomic E-state index is 0.209. The number of benzene rings is 1. The molecule has 9 nitrogen and oxygen atoms in total. The van der Waals surface area contributed by atoms with Gasteiger partial charge < -0.3 is 10.7 Å². The highest BCUT2D eigenvalue weighted by atomic mass is 16.1. The second-order valence-electron chi connectivity index (χ2n) is 6.18. The summed E-state index contributed by atoms with van der Waals surface area (Å²) in [6.07, 6.45) is 6.03. The molecule has 136 valence electrons. The van der Waals surface area contributed by atoms with E-state index >= 15 is 0 Å². The van der Waals surface area contributed by atoms with E-state index in [2.05, 4.69) is 31.4 Å². The number of aromatic amines is 1. The minimum atomic E-state index is -0.260. The van der Waals surface area contributed by atoms with Gasteiger partial charge in [-0.3, -0.25) is 9.48 Å². The van der Waals surface area contributed by atoms with Gasteiger partial charge in [-0.05, 0) is 30.7 Å². The number of aryl methyl sites for hydroxylation is 3. The number of nitrogens with zero attached hydrogens (tertiary/aromatic N) is 6. The van der Waals surface area contributed by atoms with Crippen LogP contribution in [0.25, 0.3) is 16.9 Å². The number of anilines is 1. The number of hydrogen-bond donors (Lipinski definition) is 2. The molecule has 0 aliphatic rings. The average molecular weight is 362 g/mol. The Balaban J connectivity index is 1.51. The Bertz CT molecular complexity index is 1130. The van der Waals surface area contributed by atoms with Crippen LogP contribution in [0, 0.1) is 6.92 Å². The molecule has 0 unspecified atom stereocenters. The fourth-order valence-corrected chi connectivity index (χ4v) is 2.90. The number of H-pyrrole nitrogens is 1. The molecule has 0 saturated carbocycles. The lowest BCUT2D eigenvalue weighted by molar-refractivity contribution is 0.577. The smallest absolute Gasteiger partial charge is 0.252 e. The van der Waals surface area contributed by atoms with E-state index in [-0.39, 0.29) is 11.4 Å². The summed E-state index contributed by atoms with van der Waals surface area (Å²) in [6, 6.07) is 9.21. The van der Waals surface area contributed by atoms with Gasteiger partial charge in [0.05, 0.1) is 11.9 Å². The Hall–Kier alpha value is -3.75. The van der Waals surface area contributed by atoms with Crippen LogP contribution in [0.1, 0.15) is 11.4 Å². The summed E-state index contributed by atoms with van der Waals surface area (Å²) in [5.41, 5.74) is 9.21. The molecule has 1 aromatic carbocycles. The first kappa shape index (κ1) is 16.7. The molecule has 4 rings (SSSR count). The van der Waals surface area contributed by atoms with Gasteiger partial charge in [-0.25, -0.2) is 9.67 Å². The summed E-state index contributed by atoms with van der Waals surface area (Å²) in [5.74, 6) is 0.734. The molecule has 3 N–H and O–H groups in total. The largest absolute Gasteiger partial charge is 0.383 e. The van der Waals surface area contributed by atoms with E-state index in [1.54, 1.807) is 10.9 Å². The lowest BCUT2D eigenvalue weighted by atomic mass is 10.1. The molecule has 0 saturated heterocycles. The Morgan fingerprint density at radius 3 is 2.89 bits per heavy atom. The van der Waals surface area contributed by atoms with Gasteiger partial charge in [-0.2, -0.15) is 5.10 Å². The molecule has 0 spiro atoms. The van der Waals surface area contributed by atoms with Crippen molar-refractivity contribution in [3.8, 4) is 16.9 Å². The SMILES string of the molecule is Cc1cc(-n2cccn2)ccc1-c1cn(CCc2nc(N)cc(=O)[nH]2)nn1. The maximum Gasteiger partial charge on any atom is 0.252 e. The summed E-state index contributed by atoms with van der Waals surface area (Å²) < 4.78 is 3.53. The van der Waals surface area contributed by atoms with Gasteiger partial charge in [0.1, 0.15) is 17.3 Å². The molecule has 0 aliphatic heterocycles. The van der Waals surface area contributed by atoms with Crippen molar-refractivity contribution < 1.29 is 0 Å². The normalized spacial score (nSPS) is 11.0. The summed E-state index contributed by atoms with van der Waals surface area (Å²) >= 11 is 0. The number of hydrogen-bond acceptors (Lipinski definition) is 6. The topological polar surface area (TPSA) is 120 Å². The van der Waals surface area contributed by atoms with Crippen molar-refractivity contribution in [2.75, 3.05) is 5.73 Å². The quantitative estimate of drug-likeness (QED) is 0.553. The van der Waals surface area contributed by atoms with Crippen molar-refractivity contribution in [2.45, 2.75) is 19.9 Å². The minimum Gasteiger partial charge on any atom is -0.383 e. The summed E-state index contributed by atoms with van der Waals surface area (Å²) in [5, 5.41) is 12.7. The standard InChI is InChI=1S/C18H18N8O/c1-12-9-13(26-7-2-6-20-26)3-4-14(12)15-11-25(24-23-15)8-5-17-21-16(19)10-18(27)22-17/h2-4,6-7,9-11H,5,8H2,1H3,(H3,19,21,22,27). The predicted octanol–water partition coefficient (Wildman–Crippen LogP) is 1.35. The molecule has 0 fully saturated rings. The van der Waals surface area contributed by atoms with E-state index in [0.29, 0.717) is 18.8 Å². The van der Waals surface area contributed by atoms with Crippen molar-refractivity contribution in [1.29, 1.82) is 0 Å². The van der Waals surface area contributed by atoms with Crippen molar-refractivity contribution in [3.05, 3.63) is 70.7 Å². The summed E-state index contributed by atoms with van der Waals surface area (Å²) in [7, 11) is 0. The van der Waals surface area contributed by atoms with Crippen LogP contribution in [0.5, 0.6) is 0 Å². The molecule has 0 atom stereocenters. The molecule has 4 aromatic rings. The van der Waals surface area contributed by atoms with E-state index < -0.39 is 0 Å². The van der Waals surface area contributed by atoms with Gasteiger partial charge in [0.15, 0.2) is 0 Å². The maximum atomic E-state index is 11.4. The lowest BCUT2D eigenvalue weighted by Gasteiger charge is -2.06. The van der Waals surface area contributed by atoms with Crippen molar-refractivity contribution >= 4 is 5.82 Å². The molecule has 27 heavy (non-hydrogen) atoms. The molecule has 0 radical (unpaired) electrons. The maximum absolute atomic E-state index is 11.4. The Morgan fingerprint density at radius 2 is 2.15 bits per heavy atom. The van der Waals surface area contributed by atoms with Crippen LogP contribution >= 0.6 is 0 Å². The number of nitrogens with one attached hydrogen (secondary N) is 1. The first-order valence-electron chi connectivity index (χ1n) is 8.45. The fourth-order valence-electron chi connectivity index (χ4n) is 2.90. The summed E-state index contributed by atoms with van der Waals surface area (Å²) in [6.45, 7) is 2.56. The molecular formula is C18H18N8O. The van der Waals surface area contributed by atoms with Gasteiger partial charge in [-0.1, -0.05) is 11.3 Å². The summed E-state index contributed by atoms with van der Waals surface area (Å²) in [4.78, 5) is 18.2. The highest BCUT2D eigenvalue weighted by Crippen LogP contribution is 2.23. The van der Waals surface area contributed by atoms with Crippen LogP contribution in [-0.4, -0.2) is 34.7 Å². The van der Waals surface area contributed by atoms with E-state index in [0.717, 1.165) is 22.5 Å². The Labute approximate surface area is 154 Å². The van der Waals surface area contributed by atoms with Crippen LogP contribution in [-0.2, 0) is 13.0 Å². The fraction of sp³-hybridized carbons (Fsp3) is 0.167. The van der Waals surface area contributed by atoms with Gasteiger partial charge in [0, 0.05) is 37.0 Å². The second-order valence-corrected chi connectivity index (χ2v) is 6.18. The van der Waals surface area contributed by atoms with Gasteiger partial charge in [0.25, 0.3) is 5.56 Å². The van der Waals surface area contributed by atoms with Crippen LogP contribution in [0.2, 0.25) is 0 Å². The molecule has 9 heteroatoms. The molecule has 0 bridgehead atoms. The lowest BCUT2D eigenvalue weighted by Crippen LogP contribution is -2.14. The van der Waals surface area contributed by atoms with Gasteiger partial charge in [0.2, 0.25) is 0 Å². The van der Waals surface area contributed by atoms with Gasteiger partial charge >= 0.3 is 0 Å². The molecular weight excluding hydrogens is 344 g/mol. The number of nitrogen functional groups attached to an aromatic ring is 1. The van der Waals surface area contributed by atoms with Crippen molar-refractivity contribution in [3.63, 3.8) is 0 Å². The monoisotopic (exact) mass is 362 g/mol.